The Morgan fingerprint density at radius 2 is 2.26 bits per heavy atom. The van der Waals surface area contributed by atoms with Crippen molar-refractivity contribution in [3.63, 3.8) is 0 Å². The van der Waals surface area contributed by atoms with Gasteiger partial charge in [-0.05, 0) is 44.4 Å². The third-order valence-electron chi connectivity index (χ3n) is 3.76. The molecule has 0 spiro atoms. The van der Waals surface area contributed by atoms with Gasteiger partial charge in [0.25, 0.3) is 5.91 Å². The lowest BCUT2D eigenvalue weighted by Gasteiger charge is -2.33. The van der Waals surface area contributed by atoms with Gasteiger partial charge in [0.1, 0.15) is 5.75 Å². The molecule has 102 valence electrons. The Hall–Kier alpha value is -1.77. The number of ether oxygens (including phenoxy) is 1. The average molecular weight is 259 g/mol. The van der Waals surface area contributed by atoms with Crippen molar-refractivity contribution >= 4 is 12.0 Å². The van der Waals surface area contributed by atoms with Crippen LogP contribution in [0.1, 0.15) is 42.1 Å². The molecule has 1 atom stereocenters. The zero-order chi connectivity index (χ0) is 13.8. The number of hydrogen-bond donors (Lipinski definition) is 0. The Kier molecular flexibility index (Phi) is 4.25. The minimum Gasteiger partial charge on any atom is -0.496 e. The summed E-state index contributed by atoms with van der Waals surface area (Å²) in [7, 11) is 1.62. The summed E-state index contributed by atoms with van der Waals surface area (Å²) in [6.07, 6.45) is 5.12. The molecule has 0 bridgehead atoms. The summed E-state index contributed by atoms with van der Waals surface area (Å²) in [5.41, 5.74) is 1.57. The molecule has 0 radical (unpaired) electrons. The van der Waals surface area contributed by atoms with E-state index in [0.717, 1.165) is 30.7 Å². The molecule has 0 saturated carbocycles. The van der Waals surface area contributed by atoms with E-state index in [2.05, 4.69) is 13.5 Å². The lowest BCUT2D eigenvalue weighted by atomic mass is 10.0. The van der Waals surface area contributed by atoms with E-state index in [1.54, 1.807) is 13.2 Å². The van der Waals surface area contributed by atoms with Gasteiger partial charge < -0.3 is 9.64 Å². The molecule has 19 heavy (non-hydrogen) atoms. The smallest absolute Gasteiger partial charge is 0.254 e. The molecule has 3 heteroatoms. The summed E-state index contributed by atoms with van der Waals surface area (Å²) in [6.45, 7) is 6.74. The third-order valence-corrected chi connectivity index (χ3v) is 3.76. The molecule has 1 amide bonds. The zero-order valence-corrected chi connectivity index (χ0v) is 11.7. The third kappa shape index (κ3) is 2.80. The summed E-state index contributed by atoms with van der Waals surface area (Å²) < 4.78 is 5.24. The number of amides is 1. The molecular weight excluding hydrogens is 238 g/mol. The van der Waals surface area contributed by atoms with Crippen molar-refractivity contribution in [1.82, 2.24) is 4.90 Å². The van der Waals surface area contributed by atoms with Gasteiger partial charge >= 0.3 is 0 Å². The molecule has 1 aliphatic rings. The molecule has 2 rings (SSSR count). The highest BCUT2D eigenvalue weighted by molar-refractivity contribution is 5.95. The minimum atomic E-state index is 0.109. The van der Waals surface area contributed by atoms with E-state index in [4.69, 9.17) is 4.74 Å². The number of carbonyl (C=O) groups excluding carboxylic acids is 1. The van der Waals surface area contributed by atoms with E-state index >= 15 is 0 Å². The van der Waals surface area contributed by atoms with E-state index in [9.17, 15) is 4.79 Å². The van der Waals surface area contributed by atoms with E-state index < -0.39 is 0 Å². The number of hydrogen-bond acceptors (Lipinski definition) is 2. The first-order valence-corrected chi connectivity index (χ1v) is 6.79. The molecule has 1 saturated heterocycles. The van der Waals surface area contributed by atoms with Gasteiger partial charge in [-0.15, -0.1) is 0 Å². The molecule has 0 aliphatic carbocycles. The van der Waals surface area contributed by atoms with Crippen LogP contribution in [0, 0.1) is 0 Å². The standard InChI is InChI=1S/C16H21NO2/c1-4-13-11-14(8-9-15(13)19-3)16(18)17-10-6-5-7-12(17)2/h4,8-9,11-12H,1,5-7,10H2,2-3H3. The van der Waals surface area contributed by atoms with Crippen LogP contribution in [0.3, 0.4) is 0 Å². The Morgan fingerprint density at radius 3 is 2.89 bits per heavy atom. The quantitative estimate of drug-likeness (QED) is 0.833. The molecule has 1 aliphatic heterocycles. The normalized spacial score (nSPS) is 19.1. The highest BCUT2D eigenvalue weighted by Gasteiger charge is 2.24. The number of piperidine rings is 1. The summed E-state index contributed by atoms with van der Waals surface area (Å²) in [6, 6.07) is 5.85. The molecule has 1 heterocycles. The molecule has 0 aromatic heterocycles. The number of benzene rings is 1. The molecule has 3 nitrogen and oxygen atoms in total. The maximum atomic E-state index is 12.5. The summed E-state index contributed by atoms with van der Waals surface area (Å²) in [5.74, 6) is 0.858. The SMILES string of the molecule is C=Cc1cc(C(=O)N2CCCCC2C)ccc1OC. The highest BCUT2D eigenvalue weighted by atomic mass is 16.5. The second-order valence-corrected chi connectivity index (χ2v) is 5.00. The van der Waals surface area contributed by atoms with Gasteiger partial charge in [0.15, 0.2) is 0 Å². The maximum absolute atomic E-state index is 12.5. The fourth-order valence-electron chi connectivity index (χ4n) is 2.59. The van der Waals surface area contributed by atoms with Crippen LogP contribution in [0.15, 0.2) is 24.8 Å². The van der Waals surface area contributed by atoms with Crippen molar-refractivity contribution in [1.29, 1.82) is 0 Å². The van der Waals surface area contributed by atoms with Gasteiger partial charge in [0, 0.05) is 23.7 Å². The van der Waals surface area contributed by atoms with Gasteiger partial charge in [0.2, 0.25) is 0 Å². The second-order valence-electron chi connectivity index (χ2n) is 5.00. The lowest BCUT2D eigenvalue weighted by Crippen LogP contribution is -2.42. The summed E-state index contributed by atoms with van der Waals surface area (Å²) in [5, 5.41) is 0. The van der Waals surface area contributed by atoms with Crippen LogP contribution in [0.25, 0.3) is 6.08 Å². The topological polar surface area (TPSA) is 29.5 Å². The van der Waals surface area contributed by atoms with E-state index in [1.807, 2.05) is 23.1 Å². The maximum Gasteiger partial charge on any atom is 0.254 e. The molecular formula is C16H21NO2. The Balaban J connectivity index is 2.25. The first kappa shape index (κ1) is 13.7. The van der Waals surface area contributed by atoms with Crippen LogP contribution in [0.5, 0.6) is 5.75 Å². The van der Waals surface area contributed by atoms with Gasteiger partial charge in [-0.3, -0.25) is 4.79 Å². The molecule has 1 aromatic carbocycles. The minimum absolute atomic E-state index is 0.109. The first-order chi connectivity index (χ1) is 9.17. The van der Waals surface area contributed by atoms with Crippen molar-refractivity contribution in [2.75, 3.05) is 13.7 Å². The Morgan fingerprint density at radius 1 is 1.47 bits per heavy atom. The van der Waals surface area contributed by atoms with Crippen LogP contribution in [-0.4, -0.2) is 30.5 Å². The fourth-order valence-corrected chi connectivity index (χ4v) is 2.59. The van der Waals surface area contributed by atoms with Gasteiger partial charge in [-0.25, -0.2) is 0 Å². The summed E-state index contributed by atoms with van der Waals surface area (Å²) in [4.78, 5) is 14.5. The second kappa shape index (κ2) is 5.91. The number of rotatable bonds is 3. The Bertz CT molecular complexity index is 482. The van der Waals surface area contributed by atoms with Gasteiger partial charge in [0.05, 0.1) is 7.11 Å². The predicted octanol–water partition coefficient (Wildman–Crippen LogP) is 3.35. The van der Waals surface area contributed by atoms with E-state index in [0.29, 0.717) is 11.6 Å². The van der Waals surface area contributed by atoms with Gasteiger partial charge in [-0.1, -0.05) is 12.7 Å². The Labute approximate surface area is 114 Å². The van der Waals surface area contributed by atoms with Crippen LogP contribution in [0.4, 0.5) is 0 Å². The van der Waals surface area contributed by atoms with Crippen molar-refractivity contribution in [2.24, 2.45) is 0 Å². The van der Waals surface area contributed by atoms with Gasteiger partial charge in [-0.2, -0.15) is 0 Å². The zero-order valence-electron chi connectivity index (χ0n) is 11.7. The predicted molar refractivity (Wildman–Crippen MR) is 77.4 cm³/mol. The van der Waals surface area contributed by atoms with Crippen molar-refractivity contribution in [3.05, 3.63) is 35.9 Å². The summed E-state index contributed by atoms with van der Waals surface area (Å²) >= 11 is 0. The molecule has 1 aromatic rings. The number of nitrogens with zero attached hydrogens (tertiary/aromatic N) is 1. The van der Waals surface area contributed by atoms with Crippen molar-refractivity contribution in [2.45, 2.75) is 32.2 Å². The van der Waals surface area contributed by atoms with Crippen LogP contribution in [0.2, 0.25) is 0 Å². The van der Waals surface area contributed by atoms with Crippen LogP contribution < -0.4 is 4.74 Å². The molecule has 1 fully saturated rings. The van der Waals surface area contributed by atoms with E-state index in [-0.39, 0.29) is 5.91 Å². The van der Waals surface area contributed by atoms with Crippen LogP contribution >= 0.6 is 0 Å². The van der Waals surface area contributed by atoms with Crippen molar-refractivity contribution in [3.8, 4) is 5.75 Å². The lowest BCUT2D eigenvalue weighted by molar-refractivity contribution is 0.0635. The highest BCUT2D eigenvalue weighted by Crippen LogP contribution is 2.24. The number of methoxy groups -OCH3 is 1. The van der Waals surface area contributed by atoms with E-state index in [1.165, 1.54) is 6.42 Å². The average Bonchev–Trinajstić information content (AvgIpc) is 2.46. The van der Waals surface area contributed by atoms with Crippen molar-refractivity contribution < 1.29 is 9.53 Å². The molecule has 1 unspecified atom stereocenters. The number of likely N-dealkylation sites (tertiary alicyclic amines) is 1. The molecule has 0 N–H and O–H groups in total. The monoisotopic (exact) mass is 259 g/mol. The first-order valence-electron chi connectivity index (χ1n) is 6.79. The number of carbonyl (C=O) groups is 1. The fraction of sp³-hybridized carbons (Fsp3) is 0.438. The largest absolute Gasteiger partial charge is 0.496 e. The van der Waals surface area contributed by atoms with Crippen LogP contribution in [-0.2, 0) is 0 Å².